The highest BCUT2D eigenvalue weighted by Gasteiger charge is 2.44. The lowest BCUT2D eigenvalue weighted by atomic mass is 10.1. The summed E-state index contributed by atoms with van der Waals surface area (Å²) < 4.78 is 37.0. The van der Waals surface area contributed by atoms with Crippen molar-refractivity contribution in [1.29, 1.82) is 0 Å². The Morgan fingerprint density at radius 3 is 2.96 bits per heavy atom. The highest BCUT2D eigenvalue weighted by molar-refractivity contribution is 7.88. The zero-order chi connectivity index (χ0) is 16.4. The maximum absolute atomic E-state index is 11.9. The van der Waals surface area contributed by atoms with E-state index in [0.29, 0.717) is 32.3 Å². The van der Waals surface area contributed by atoms with Crippen molar-refractivity contribution in [3.8, 4) is 0 Å². The minimum Gasteiger partial charge on any atom is -0.375 e. The highest BCUT2D eigenvalue weighted by Crippen LogP contribution is 2.35. The molecular formula is C16H24N2O4S. The molecule has 0 amide bonds. The monoisotopic (exact) mass is 340 g/mol. The van der Waals surface area contributed by atoms with Gasteiger partial charge in [-0.1, -0.05) is 6.07 Å². The van der Waals surface area contributed by atoms with E-state index < -0.39 is 10.0 Å². The van der Waals surface area contributed by atoms with Crippen LogP contribution >= 0.6 is 0 Å². The number of hydrogen-bond donors (Lipinski definition) is 0. The molecule has 128 valence electrons. The fourth-order valence-electron chi connectivity index (χ4n) is 3.58. The van der Waals surface area contributed by atoms with Gasteiger partial charge in [-0.25, -0.2) is 8.42 Å². The minimum atomic E-state index is -3.17. The normalized spacial score (nSPS) is 28.7. The van der Waals surface area contributed by atoms with Gasteiger partial charge in [0.05, 0.1) is 43.9 Å². The predicted molar refractivity (Wildman–Crippen MR) is 86.4 cm³/mol. The average Bonchev–Trinajstić information content (AvgIpc) is 2.88. The van der Waals surface area contributed by atoms with Crippen LogP contribution in [0.3, 0.4) is 0 Å². The second-order valence-corrected chi connectivity index (χ2v) is 8.41. The second kappa shape index (κ2) is 6.84. The number of nitrogens with zero attached hydrogens (tertiary/aromatic N) is 2. The van der Waals surface area contributed by atoms with E-state index in [-0.39, 0.29) is 12.1 Å². The third-order valence-corrected chi connectivity index (χ3v) is 5.86. The van der Waals surface area contributed by atoms with Crippen molar-refractivity contribution < 1.29 is 17.9 Å². The number of aryl methyl sites for hydroxylation is 1. The Balaban J connectivity index is 1.53. The van der Waals surface area contributed by atoms with Gasteiger partial charge in [0, 0.05) is 12.2 Å². The molecule has 1 saturated heterocycles. The first-order valence-corrected chi connectivity index (χ1v) is 9.87. The van der Waals surface area contributed by atoms with Crippen LogP contribution in [-0.4, -0.2) is 55.9 Å². The van der Waals surface area contributed by atoms with Crippen LogP contribution in [-0.2, 0) is 26.1 Å². The molecule has 23 heavy (non-hydrogen) atoms. The zero-order valence-corrected chi connectivity index (χ0v) is 14.5. The standard InChI is InChI=1S/C16H24N2O4S/c1-12-4-3-5-14(17-12)11-21-10-13-8-15-16(9-13)22-7-6-18(15)23(2,19)20/h3-5,13,15-16H,6-11H2,1-2H3/t13-,15+,16+/m0/s1. The first-order chi connectivity index (χ1) is 10.9. The molecule has 0 N–H and O–H groups in total. The fraction of sp³-hybridized carbons (Fsp3) is 0.688. The number of morpholine rings is 1. The molecule has 3 rings (SSSR count). The molecule has 0 aromatic carbocycles. The van der Waals surface area contributed by atoms with Gasteiger partial charge in [0.15, 0.2) is 0 Å². The molecule has 2 heterocycles. The summed E-state index contributed by atoms with van der Waals surface area (Å²) in [6.07, 6.45) is 2.95. The van der Waals surface area contributed by atoms with E-state index in [1.54, 1.807) is 4.31 Å². The summed E-state index contributed by atoms with van der Waals surface area (Å²) in [6.45, 7) is 4.01. The Hall–Kier alpha value is -1.02. The van der Waals surface area contributed by atoms with Crippen LogP contribution in [0.1, 0.15) is 24.2 Å². The van der Waals surface area contributed by atoms with E-state index in [2.05, 4.69) is 4.98 Å². The Bertz CT molecular complexity index is 649. The molecule has 0 spiro atoms. The van der Waals surface area contributed by atoms with E-state index in [9.17, 15) is 8.42 Å². The second-order valence-electron chi connectivity index (χ2n) is 6.47. The van der Waals surface area contributed by atoms with Gasteiger partial charge in [-0.2, -0.15) is 4.31 Å². The summed E-state index contributed by atoms with van der Waals surface area (Å²) >= 11 is 0. The van der Waals surface area contributed by atoms with E-state index in [0.717, 1.165) is 24.2 Å². The smallest absolute Gasteiger partial charge is 0.211 e. The van der Waals surface area contributed by atoms with Gasteiger partial charge in [-0.05, 0) is 37.8 Å². The van der Waals surface area contributed by atoms with E-state index >= 15 is 0 Å². The third kappa shape index (κ3) is 4.09. The van der Waals surface area contributed by atoms with Crippen LogP contribution in [0, 0.1) is 12.8 Å². The molecule has 1 saturated carbocycles. The first kappa shape index (κ1) is 16.8. The quantitative estimate of drug-likeness (QED) is 0.809. The predicted octanol–water partition coefficient (Wildman–Crippen LogP) is 1.35. The largest absolute Gasteiger partial charge is 0.375 e. The Morgan fingerprint density at radius 2 is 2.22 bits per heavy atom. The number of rotatable bonds is 5. The van der Waals surface area contributed by atoms with Gasteiger partial charge in [0.2, 0.25) is 10.0 Å². The van der Waals surface area contributed by atoms with Crippen molar-refractivity contribution in [2.24, 2.45) is 5.92 Å². The van der Waals surface area contributed by atoms with Crippen molar-refractivity contribution in [2.75, 3.05) is 26.0 Å². The molecule has 1 aromatic rings. The highest BCUT2D eigenvalue weighted by atomic mass is 32.2. The number of hydrogen-bond acceptors (Lipinski definition) is 5. The molecule has 0 bridgehead atoms. The summed E-state index contributed by atoms with van der Waals surface area (Å²) in [5.41, 5.74) is 1.91. The molecule has 2 aliphatic rings. The van der Waals surface area contributed by atoms with Crippen molar-refractivity contribution >= 4 is 10.0 Å². The van der Waals surface area contributed by atoms with Gasteiger partial charge in [0.25, 0.3) is 0 Å². The lowest BCUT2D eigenvalue weighted by Crippen LogP contribution is -2.50. The van der Waals surface area contributed by atoms with Crippen LogP contribution in [0.15, 0.2) is 18.2 Å². The van der Waals surface area contributed by atoms with Crippen LogP contribution in [0.4, 0.5) is 0 Å². The fourth-order valence-corrected chi connectivity index (χ4v) is 4.69. The Morgan fingerprint density at radius 1 is 1.39 bits per heavy atom. The average molecular weight is 340 g/mol. The van der Waals surface area contributed by atoms with Gasteiger partial charge in [0.1, 0.15) is 0 Å². The van der Waals surface area contributed by atoms with Crippen LogP contribution in [0.5, 0.6) is 0 Å². The lowest BCUT2D eigenvalue weighted by Gasteiger charge is -2.35. The maximum Gasteiger partial charge on any atom is 0.211 e. The molecule has 7 heteroatoms. The Kier molecular flexibility index (Phi) is 5.01. The number of pyridine rings is 1. The summed E-state index contributed by atoms with van der Waals surface area (Å²) in [5.74, 6) is 0.331. The molecule has 0 radical (unpaired) electrons. The molecule has 1 aliphatic heterocycles. The third-order valence-electron chi connectivity index (χ3n) is 4.56. The zero-order valence-electron chi connectivity index (χ0n) is 13.6. The SMILES string of the molecule is Cc1cccc(COC[C@H]2C[C@@H]3[C@@H](C2)OCCN3S(C)(=O)=O)n1. The van der Waals surface area contributed by atoms with E-state index in [4.69, 9.17) is 9.47 Å². The molecular weight excluding hydrogens is 316 g/mol. The molecule has 1 aliphatic carbocycles. The van der Waals surface area contributed by atoms with Gasteiger partial charge < -0.3 is 9.47 Å². The molecule has 1 aromatic heterocycles. The summed E-state index contributed by atoms with van der Waals surface area (Å²) in [5, 5.41) is 0. The van der Waals surface area contributed by atoms with Gasteiger partial charge >= 0.3 is 0 Å². The maximum atomic E-state index is 11.9. The van der Waals surface area contributed by atoms with Gasteiger partial charge in [-0.15, -0.1) is 0 Å². The van der Waals surface area contributed by atoms with Crippen LogP contribution in [0.25, 0.3) is 0 Å². The topological polar surface area (TPSA) is 68.7 Å². The van der Waals surface area contributed by atoms with Crippen molar-refractivity contribution in [3.63, 3.8) is 0 Å². The van der Waals surface area contributed by atoms with Gasteiger partial charge in [-0.3, -0.25) is 4.98 Å². The first-order valence-electron chi connectivity index (χ1n) is 8.02. The number of fused-ring (bicyclic) bond motifs is 1. The molecule has 6 nitrogen and oxygen atoms in total. The summed E-state index contributed by atoms with van der Waals surface area (Å²) in [7, 11) is -3.17. The molecule has 2 fully saturated rings. The Labute approximate surface area is 137 Å². The minimum absolute atomic E-state index is 0.00386. The van der Waals surface area contributed by atoms with Crippen LogP contribution in [0.2, 0.25) is 0 Å². The summed E-state index contributed by atoms with van der Waals surface area (Å²) in [6, 6.07) is 5.85. The molecule has 0 unspecified atom stereocenters. The number of aromatic nitrogens is 1. The number of ether oxygens (including phenoxy) is 2. The van der Waals surface area contributed by atoms with E-state index in [1.165, 1.54) is 6.26 Å². The van der Waals surface area contributed by atoms with Crippen molar-refractivity contribution in [2.45, 2.75) is 38.5 Å². The summed E-state index contributed by atoms with van der Waals surface area (Å²) in [4.78, 5) is 4.42. The van der Waals surface area contributed by atoms with E-state index in [1.807, 2.05) is 25.1 Å². The molecule has 3 atom stereocenters. The number of sulfonamides is 1. The van der Waals surface area contributed by atoms with Crippen molar-refractivity contribution in [3.05, 3.63) is 29.6 Å². The van der Waals surface area contributed by atoms with Crippen LogP contribution < -0.4 is 0 Å². The lowest BCUT2D eigenvalue weighted by molar-refractivity contribution is -0.0250. The van der Waals surface area contributed by atoms with Crippen molar-refractivity contribution in [1.82, 2.24) is 9.29 Å².